The van der Waals surface area contributed by atoms with Crippen molar-refractivity contribution in [1.82, 2.24) is 10.2 Å². The van der Waals surface area contributed by atoms with Gasteiger partial charge in [0.1, 0.15) is 0 Å². The topological polar surface area (TPSA) is 99.0 Å². The molecule has 1 saturated heterocycles. The van der Waals surface area contributed by atoms with E-state index in [9.17, 15) is 9.59 Å². The van der Waals surface area contributed by atoms with Crippen LogP contribution in [0.15, 0.2) is 57.8 Å². The molecule has 0 bridgehead atoms. The fraction of sp³-hybridized carbons (Fsp3) is 0.190. The molecule has 2 aliphatic heterocycles. The molecule has 0 aliphatic carbocycles. The molecule has 2 aliphatic rings. The number of nitriles is 1. The van der Waals surface area contributed by atoms with Gasteiger partial charge in [0.25, 0.3) is 5.91 Å². The highest BCUT2D eigenvalue weighted by Crippen LogP contribution is 2.56. The third-order valence-corrected chi connectivity index (χ3v) is 8.62. The van der Waals surface area contributed by atoms with Gasteiger partial charge in [-0.1, -0.05) is 59.1 Å². The van der Waals surface area contributed by atoms with Crippen LogP contribution in [0.1, 0.15) is 24.0 Å². The summed E-state index contributed by atoms with van der Waals surface area (Å²) in [4.78, 5) is 27.4. The predicted octanol–water partition coefficient (Wildman–Crippen LogP) is 4.27. The van der Waals surface area contributed by atoms with Gasteiger partial charge in [-0.2, -0.15) is 5.26 Å². The molecular formula is C21H15N5O2S3. The molecule has 7 nitrogen and oxygen atoms in total. The second-order valence-electron chi connectivity index (χ2n) is 7.01. The Bertz CT molecular complexity index is 1220. The molecule has 0 saturated carbocycles. The maximum atomic E-state index is 13.3. The summed E-state index contributed by atoms with van der Waals surface area (Å²) in [6, 6.07) is 17.1. The Kier molecular flexibility index (Phi) is 5.17. The fourth-order valence-corrected chi connectivity index (χ4v) is 6.75. The van der Waals surface area contributed by atoms with Crippen molar-refractivity contribution in [3.05, 3.63) is 59.7 Å². The number of nitrogens with zero attached hydrogens (tertiary/aromatic N) is 4. The normalized spacial score (nSPS) is 19.1. The molecule has 2 amide bonds. The van der Waals surface area contributed by atoms with Gasteiger partial charge in [0.05, 0.1) is 17.3 Å². The fourth-order valence-electron chi connectivity index (χ4n) is 3.63. The first kappa shape index (κ1) is 20.1. The number of carbonyl (C=O) groups excluding carboxylic acids is 2. The smallest absolute Gasteiger partial charge is 0.263 e. The van der Waals surface area contributed by atoms with Gasteiger partial charge in [0.15, 0.2) is 9.21 Å². The van der Waals surface area contributed by atoms with Crippen molar-refractivity contribution >= 4 is 57.5 Å². The van der Waals surface area contributed by atoms with E-state index in [0.29, 0.717) is 29.3 Å². The molecule has 1 fully saturated rings. The first-order chi connectivity index (χ1) is 15.1. The molecule has 1 N–H and O–H groups in total. The average Bonchev–Trinajstić information content (AvgIpc) is 3.47. The Balaban J connectivity index is 1.28. The highest BCUT2D eigenvalue weighted by Gasteiger charge is 2.57. The number of fused-ring (bicyclic) bond motifs is 3. The van der Waals surface area contributed by atoms with Crippen LogP contribution in [0, 0.1) is 11.3 Å². The molecule has 154 valence electrons. The zero-order valence-electron chi connectivity index (χ0n) is 16.1. The average molecular weight is 466 g/mol. The summed E-state index contributed by atoms with van der Waals surface area (Å²) < 4.78 is 0.735. The Labute approximate surface area is 190 Å². The van der Waals surface area contributed by atoms with E-state index in [0.717, 1.165) is 20.5 Å². The minimum absolute atomic E-state index is 0.0384. The van der Waals surface area contributed by atoms with Crippen LogP contribution < -0.4 is 10.2 Å². The number of anilines is 2. The molecular weight excluding hydrogens is 450 g/mol. The van der Waals surface area contributed by atoms with E-state index in [-0.39, 0.29) is 11.8 Å². The Morgan fingerprint density at radius 3 is 2.84 bits per heavy atom. The molecule has 1 atom stereocenters. The number of hydrogen-bond donors (Lipinski definition) is 1. The molecule has 3 aromatic rings. The lowest BCUT2D eigenvalue weighted by molar-refractivity contribution is -0.121. The van der Waals surface area contributed by atoms with E-state index in [2.05, 4.69) is 21.6 Å². The van der Waals surface area contributed by atoms with Crippen molar-refractivity contribution in [3.63, 3.8) is 0 Å². The van der Waals surface area contributed by atoms with E-state index in [1.165, 1.54) is 34.9 Å². The number of para-hydroxylation sites is 1. The number of rotatable bonds is 5. The summed E-state index contributed by atoms with van der Waals surface area (Å²) in [7, 11) is 0. The van der Waals surface area contributed by atoms with Crippen molar-refractivity contribution in [1.29, 1.82) is 5.26 Å². The molecule has 1 unspecified atom stereocenters. The molecule has 1 aromatic heterocycles. The number of hydrogen-bond acceptors (Lipinski definition) is 8. The van der Waals surface area contributed by atoms with Gasteiger partial charge >= 0.3 is 0 Å². The molecule has 0 spiro atoms. The van der Waals surface area contributed by atoms with Crippen molar-refractivity contribution in [2.45, 2.75) is 32.7 Å². The quantitative estimate of drug-likeness (QED) is 0.444. The monoisotopic (exact) mass is 465 g/mol. The first-order valence-electron chi connectivity index (χ1n) is 9.47. The lowest BCUT2D eigenvalue weighted by Gasteiger charge is -2.29. The number of benzene rings is 2. The van der Waals surface area contributed by atoms with Crippen LogP contribution in [-0.4, -0.2) is 26.9 Å². The number of nitrogens with one attached hydrogen (secondary N) is 1. The molecule has 31 heavy (non-hydrogen) atoms. The lowest BCUT2D eigenvalue weighted by Crippen LogP contribution is -2.49. The molecule has 3 heterocycles. The largest absolute Gasteiger partial charge is 0.298 e. The molecule has 2 aromatic carbocycles. The Morgan fingerprint density at radius 1 is 1.23 bits per heavy atom. The van der Waals surface area contributed by atoms with Crippen LogP contribution in [0.5, 0.6) is 0 Å². The lowest BCUT2D eigenvalue weighted by atomic mass is 10.2. The second-order valence-corrected chi connectivity index (χ2v) is 10.5. The molecule has 0 radical (unpaired) electrons. The van der Waals surface area contributed by atoms with Gasteiger partial charge in [-0.15, -0.1) is 10.2 Å². The van der Waals surface area contributed by atoms with Gasteiger partial charge in [-0.25, -0.2) is 0 Å². The van der Waals surface area contributed by atoms with Crippen LogP contribution in [0.3, 0.4) is 0 Å². The van der Waals surface area contributed by atoms with Gasteiger partial charge in [0.2, 0.25) is 11.0 Å². The van der Waals surface area contributed by atoms with E-state index >= 15 is 0 Å². The van der Waals surface area contributed by atoms with Crippen LogP contribution >= 0.6 is 34.9 Å². The molecule has 10 heteroatoms. The molecule has 5 rings (SSSR count). The van der Waals surface area contributed by atoms with Crippen molar-refractivity contribution in [3.8, 4) is 6.07 Å². The number of thioether (sulfide) groups is 2. The summed E-state index contributed by atoms with van der Waals surface area (Å²) in [5, 5.41) is 20.4. The Morgan fingerprint density at radius 2 is 2.03 bits per heavy atom. The van der Waals surface area contributed by atoms with E-state index in [4.69, 9.17) is 5.26 Å². The van der Waals surface area contributed by atoms with Gasteiger partial charge in [-0.3, -0.25) is 19.8 Å². The Hall–Kier alpha value is -2.87. The maximum Gasteiger partial charge on any atom is 0.263 e. The van der Waals surface area contributed by atoms with Crippen LogP contribution in [0.25, 0.3) is 0 Å². The van der Waals surface area contributed by atoms with Crippen LogP contribution in [-0.2, 0) is 15.3 Å². The summed E-state index contributed by atoms with van der Waals surface area (Å²) in [6.07, 6.45) is 0.798. The maximum absolute atomic E-state index is 13.3. The zero-order valence-corrected chi connectivity index (χ0v) is 18.5. The third-order valence-electron chi connectivity index (χ3n) is 5.10. The predicted molar refractivity (Wildman–Crippen MR) is 121 cm³/mol. The number of aromatic nitrogens is 2. The zero-order chi connectivity index (χ0) is 21.4. The highest BCUT2D eigenvalue weighted by molar-refractivity contribution is 8.02. The summed E-state index contributed by atoms with van der Waals surface area (Å²) in [6.45, 7) is 0. The standard InChI is InChI=1S/C21H15N5O2S3/c22-11-13-5-7-14(8-6-13)12-29-20-25-24-19(30-20)23-18(28)21-10-9-17(27)26(21)15-3-1-2-4-16(15)31-21/h1-8H,9-10,12H2,(H,23,24,28). The second kappa shape index (κ2) is 8.00. The van der Waals surface area contributed by atoms with E-state index < -0.39 is 4.87 Å². The van der Waals surface area contributed by atoms with Crippen molar-refractivity contribution in [2.24, 2.45) is 0 Å². The van der Waals surface area contributed by atoms with Crippen LogP contribution in [0.4, 0.5) is 10.8 Å². The van der Waals surface area contributed by atoms with Crippen molar-refractivity contribution < 1.29 is 9.59 Å². The third kappa shape index (κ3) is 3.59. The summed E-state index contributed by atoms with van der Waals surface area (Å²) in [5.74, 6) is 0.397. The first-order valence-corrected chi connectivity index (χ1v) is 12.1. The summed E-state index contributed by atoms with van der Waals surface area (Å²) >= 11 is 4.25. The highest BCUT2D eigenvalue weighted by atomic mass is 32.2. The van der Waals surface area contributed by atoms with Gasteiger partial charge in [0, 0.05) is 17.1 Å². The van der Waals surface area contributed by atoms with E-state index in [1.807, 2.05) is 36.4 Å². The van der Waals surface area contributed by atoms with Crippen LogP contribution in [0.2, 0.25) is 0 Å². The number of carbonyl (C=O) groups is 2. The van der Waals surface area contributed by atoms with Crippen molar-refractivity contribution in [2.75, 3.05) is 10.2 Å². The minimum Gasteiger partial charge on any atom is -0.298 e. The van der Waals surface area contributed by atoms with Gasteiger partial charge in [-0.05, 0) is 36.2 Å². The summed E-state index contributed by atoms with van der Waals surface area (Å²) in [5.41, 5.74) is 2.49. The van der Waals surface area contributed by atoms with E-state index in [1.54, 1.807) is 17.0 Å². The minimum atomic E-state index is -0.970. The SMILES string of the molecule is N#Cc1ccc(CSc2nnc(NC(=O)C34CCC(=O)N3c3ccccc3S4)s2)cc1. The number of amides is 2. The van der Waals surface area contributed by atoms with Gasteiger partial charge < -0.3 is 0 Å².